The van der Waals surface area contributed by atoms with Gasteiger partial charge in [-0.2, -0.15) is 0 Å². The fourth-order valence-corrected chi connectivity index (χ4v) is 10.2. The lowest BCUT2D eigenvalue weighted by Gasteiger charge is -2.35. The van der Waals surface area contributed by atoms with Crippen LogP contribution >= 0.6 is 0 Å². The van der Waals surface area contributed by atoms with E-state index in [4.69, 9.17) is 0 Å². The summed E-state index contributed by atoms with van der Waals surface area (Å²) >= 11 is 0. The molecule has 0 fully saturated rings. The van der Waals surface area contributed by atoms with Crippen molar-refractivity contribution in [1.82, 2.24) is 0 Å². The number of hydrogen-bond donors (Lipinski definition) is 0. The van der Waals surface area contributed by atoms with E-state index in [1.807, 2.05) is 0 Å². The number of fused-ring (bicyclic) bond motifs is 6. The first-order chi connectivity index (χ1) is 29.0. The van der Waals surface area contributed by atoms with Crippen molar-refractivity contribution >= 4 is 17.1 Å². The van der Waals surface area contributed by atoms with Crippen LogP contribution in [-0.2, 0) is 10.8 Å². The molecule has 0 saturated heterocycles. The number of para-hydroxylation sites is 1. The van der Waals surface area contributed by atoms with Crippen molar-refractivity contribution < 1.29 is 0 Å². The molecule has 2 aliphatic carbocycles. The molecule has 0 amide bonds. The average Bonchev–Trinajstić information content (AvgIpc) is 3.73. The van der Waals surface area contributed by atoms with Gasteiger partial charge in [0.1, 0.15) is 0 Å². The van der Waals surface area contributed by atoms with Gasteiger partial charge in [-0.3, -0.25) is 0 Å². The molecule has 1 nitrogen and oxygen atoms in total. The van der Waals surface area contributed by atoms with Gasteiger partial charge >= 0.3 is 0 Å². The summed E-state index contributed by atoms with van der Waals surface area (Å²) in [5.74, 6) is 0. The van der Waals surface area contributed by atoms with Crippen LogP contribution in [0.3, 0.4) is 0 Å². The Morgan fingerprint density at radius 3 is 1.46 bits per heavy atom. The second kappa shape index (κ2) is 13.7. The van der Waals surface area contributed by atoms with Crippen molar-refractivity contribution in [2.45, 2.75) is 24.7 Å². The van der Waals surface area contributed by atoms with Crippen molar-refractivity contribution in [3.63, 3.8) is 0 Å². The summed E-state index contributed by atoms with van der Waals surface area (Å²) in [6.45, 7) is 4.71. The Bertz CT molecular complexity index is 2960. The lowest BCUT2D eigenvalue weighted by Crippen LogP contribution is -2.28. The van der Waals surface area contributed by atoms with Crippen LogP contribution in [0.4, 0.5) is 17.1 Å². The van der Waals surface area contributed by atoms with Gasteiger partial charge in [0.25, 0.3) is 0 Å². The molecule has 280 valence electrons. The molecule has 1 heteroatoms. The predicted octanol–water partition coefficient (Wildman–Crippen LogP) is 15.2. The van der Waals surface area contributed by atoms with Crippen molar-refractivity contribution in [3.05, 3.63) is 258 Å². The zero-order valence-corrected chi connectivity index (χ0v) is 33.3. The molecule has 0 saturated carbocycles. The molecule has 9 aromatic carbocycles. The Hall–Kier alpha value is -7.22. The van der Waals surface area contributed by atoms with Crippen LogP contribution in [0.25, 0.3) is 44.5 Å². The average molecular weight is 754 g/mol. The summed E-state index contributed by atoms with van der Waals surface area (Å²) in [7, 11) is 0. The Kier molecular flexibility index (Phi) is 8.13. The monoisotopic (exact) mass is 753 g/mol. The zero-order valence-electron chi connectivity index (χ0n) is 33.3. The third-order valence-electron chi connectivity index (χ3n) is 13.0. The van der Waals surface area contributed by atoms with Gasteiger partial charge in [0.15, 0.2) is 0 Å². The SMILES string of the molecule is CC1(C)c2ccccc2-c2ccc(-c3ccc(N(c4ccc5c(c4)C(c4ccccc4)(c4ccccc4)c4ccccc4-5)c4ccccc4-c4ccccc4)cc3)cc21. The van der Waals surface area contributed by atoms with E-state index in [9.17, 15) is 0 Å². The van der Waals surface area contributed by atoms with Gasteiger partial charge in [-0.05, 0) is 109 Å². The normalized spacial score (nSPS) is 13.9. The summed E-state index contributed by atoms with van der Waals surface area (Å²) in [5, 5.41) is 0. The Morgan fingerprint density at radius 1 is 0.305 bits per heavy atom. The van der Waals surface area contributed by atoms with E-state index in [-0.39, 0.29) is 5.41 Å². The highest BCUT2D eigenvalue weighted by atomic mass is 15.1. The predicted molar refractivity (Wildman–Crippen MR) is 247 cm³/mol. The molecule has 11 rings (SSSR count). The molecule has 0 spiro atoms. The summed E-state index contributed by atoms with van der Waals surface area (Å²) in [5.41, 5.74) is 20.7. The maximum atomic E-state index is 2.46. The molecular weight excluding hydrogens is 711 g/mol. The van der Waals surface area contributed by atoms with Crippen LogP contribution in [0.1, 0.15) is 47.2 Å². The first kappa shape index (κ1) is 35.0. The van der Waals surface area contributed by atoms with Crippen molar-refractivity contribution in [3.8, 4) is 44.5 Å². The summed E-state index contributed by atoms with van der Waals surface area (Å²) in [4.78, 5) is 2.46. The van der Waals surface area contributed by atoms with E-state index in [2.05, 4.69) is 243 Å². The van der Waals surface area contributed by atoms with Gasteiger partial charge in [0.05, 0.1) is 11.1 Å². The fourth-order valence-electron chi connectivity index (χ4n) is 10.2. The Labute approximate surface area is 347 Å². The summed E-state index contributed by atoms with van der Waals surface area (Å²) < 4.78 is 0. The standard InChI is InChI=1S/C58H43N/c1-57(2)52-27-15-12-25-48(52)50-36-32-42(38-54(50)57)40-30-33-45(34-31-40)59(56-29-17-14-24-47(56)41-18-6-3-7-19-41)46-35-37-51-49-26-13-16-28-53(49)58(55(51)39-46,43-20-8-4-9-21-43)44-22-10-5-11-23-44/h3-39H,1-2H3. The first-order valence-electron chi connectivity index (χ1n) is 20.7. The van der Waals surface area contributed by atoms with Gasteiger partial charge in [-0.25, -0.2) is 0 Å². The van der Waals surface area contributed by atoms with Crippen LogP contribution in [0.2, 0.25) is 0 Å². The van der Waals surface area contributed by atoms with Crippen molar-refractivity contribution in [2.75, 3.05) is 4.90 Å². The minimum Gasteiger partial charge on any atom is -0.310 e. The summed E-state index contributed by atoms with van der Waals surface area (Å²) in [6, 6.07) is 82.9. The highest BCUT2D eigenvalue weighted by Crippen LogP contribution is 2.57. The highest BCUT2D eigenvalue weighted by Gasteiger charge is 2.46. The van der Waals surface area contributed by atoms with Gasteiger partial charge in [0, 0.05) is 22.4 Å². The van der Waals surface area contributed by atoms with E-state index in [1.165, 1.54) is 77.9 Å². The van der Waals surface area contributed by atoms with Crippen LogP contribution < -0.4 is 4.90 Å². The molecule has 59 heavy (non-hydrogen) atoms. The summed E-state index contributed by atoms with van der Waals surface area (Å²) in [6.07, 6.45) is 0. The minimum absolute atomic E-state index is 0.0538. The Morgan fingerprint density at radius 2 is 0.780 bits per heavy atom. The molecule has 0 aromatic heterocycles. The molecule has 0 radical (unpaired) electrons. The van der Waals surface area contributed by atoms with Crippen molar-refractivity contribution in [2.24, 2.45) is 0 Å². The number of anilines is 3. The van der Waals surface area contributed by atoms with E-state index in [0.29, 0.717) is 0 Å². The second-order valence-electron chi connectivity index (χ2n) is 16.5. The number of benzene rings is 9. The molecule has 2 aliphatic rings. The smallest absolute Gasteiger partial charge is 0.0714 e. The molecule has 0 N–H and O–H groups in total. The second-order valence-corrected chi connectivity index (χ2v) is 16.5. The molecule has 0 aliphatic heterocycles. The minimum atomic E-state index is -0.500. The first-order valence-corrected chi connectivity index (χ1v) is 20.7. The van der Waals surface area contributed by atoms with Gasteiger partial charge in [0.2, 0.25) is 0 Å². The van der Waals surface area contributed by atoms with Crippen LogP contribution in [-0.4, -0.2) is 0 Å². The molecule has 0 bridgehead atoms. The quantitative estimate of drug-likeness (QED) is 0.157. The van der Waals surface area contributed by atoms with Gasteiger partial charge in [-0.1, -0.05) is 202 Å². The number of hydrogen-bond acceptors (Lipinski definition) is 1. The van der Waals surface area contributed by atoms with E-state index in [1.54, 1.807) is 0 Å². The molecule has 0 unspecified atom stereocenters. The van der Waals surface area contributed by atoms with E-state index >= 15 is 0 Å². The maximum Gasteiger partial charge on any atom is 0.0714 e. The number of rotatable bonds is 7. The topological polar surface area (TPSA) is 3.24 Å². The van der Waals surface area contributed by atoms with Crippen LogP contribution in [0, 0.1) is 0 Å². The van der Waals surface area contributed by atoms with Gasteiger partial charge in [-0.15, -0.1) is 0 Å². The van der Waals surface area contributed by atoms with Crippen LogP contribution in [0.5, 0.6) is 0 Å². The van der Waals surface area contributed by atoms with E-state index in [0.717, 1.165) is 17.1 Å². The fraction of sp³-hybridized carbons (Fsp3) is 0.0690. The third kappa shape index (κ3) is 5.39. The Balaban J connectivity index is 1.10. The number of nitrogens with zero attached hydrogens (tertiary/aromatic N) is 1. The van der Waals surface area contributed by atoms with Crippen molar-refractivity contribution in [1.29, 1.82) is 0 Å². The molecule has 9 aromatic rings. The van der Waals surface area contributed by atoms with Crippen LogP contribution in [0.15, 0.2) is 224 Å². The third-order valence-corrected chi connectivity index (χ3v) is 13.0. The maximum absolute atomic E-state index is 2.46. The zero-order chi connectivity index (χ0) is 39.6. The largest absolute Gasteiger partial charge is 0.310 e. The lowest BCUT2D eigenvalue weighted by atomic mass is 9.67. The van der Waals surface area contributed by atoms with Gasteiger partial charge < -0.3 is 4.90 Å². The molecular formula is C58H43N. The highest BCUT2D eigenvalue weighted by molar-refractivity contribution is 5.93. The lowest BCUT2D eigenvalue weighted by molar-refractivity contribution is 0.660. The molecule has 0 heterocycles. The van der Waals surface area contributed by atoms with E-state index < -0.39 is 5.41 Å². The molecule has 0 atom stereocenters.